The molecular weight excluding hydrogens is 212 g/mol. The molecule has 0 aliphatic heterocycles. The first-order valence-electron chi connectivity index (χ1n) is 2.13. The van der Waals surface area contributed by atoms with Crippen LogP contribution in [0.1, 0.15) is 0 Å². The van der Waals surface area contributed by atoms with Crippen molar-refractivity contribution in [2.24, 2.45) is 0 Å². The number of halogens is 3. The summed E-state index contributed by atoms with van der Waals surface area (Å²) in [7, 11) is -4.38. The van der Waals surface area contributed by atoms with Gasteiger partial charge in [-0.2, -0.15) is 21.6 Å². The summed E-state index contributed by atoms with van der Waals surface area (Å²) >= 11 is 0. The Kier molecular flexibility index (Phi) is 5.45. The van der Waals surface area contributed by atoms with Gasteiger partial charge in [0, 0.05) is 0 Å². The molecule has 0 unspecified atom stereocenters. The summed E-state index contributed by atoms with van der Waals surface area (Å²) in [6, 6.07) is 0. The first-order valence-corrected chi connectivity index (χ1v) is 3.95. The molecule has 0 radical (unpaired) electrons. The molecule has 0 saturated carbocycles. The fourth-order valence-electron chi connectivity index (χ4n) is 0.185. The Balaban J connectivity index is 0. The van der Waals surface area contributed by atoms with Crippen molar-refractivity contribution in [3.63, 3.8) is 0 Å². The van der Waals surface area contributed by atoms with Crippen LogP contribution in [-0.4, -0.2) is 56.4 Å². The van der Waals surface area contributed by atoms with Gasteiger partial charge in [-0.15, -0.1) is 0 Å². The summed E-state index contributed by atoms with van der Waals surface area (Å²) in [4.78, 5) is 9.75. The van der Waals surface area contributed by atoms with Gasteiger partial charge in [0.1, 0.15) is 0 Å². The summed E-state index contributed by atoms with van der Waals surface area (Å²) in [5.41, 5.74) is 0. The van der Waals surface area contributed by atoms with Gasteiger partial charge in [-0.05, 0) is 0 Å². The zero-order valence-corrected chi connectivity index (χ0v) is 5.99. The molecule has 0 amide bonds. The predicted molar refractivity (Wildman–Crippen MR) is 34.1 cm³/mol. The third-order valence-corrected chi connectivity index (χ3v) is 0.913. The second-order valence-corrected chi connectivity index (χ2v) is 3.15. The van der Waals surface area contributed by atoms with Crippen LogP contribution in [0.3, 0.4) is 0 Å². The van der Waals surface area contributed by atoms with Crippen LogP contribution in [0, 0.1) is 0 Å². The molecule has 12 heavy (non-hydrogen) atoms. The van der Waals surface area contributed by atoms with E-state index in [0.717, 1.165) is 0 Å². The van der Waals surface area contributed by atoms with E-state index in [1.807, 2.05) is 0 Å². The van der Waals surface area contributed by atoms with Crippen molar-refractivity contribution in [1.82, 2.24) is 0 Å². The van der Waals surface area contributed by atoms with E-state index in [4.69, 9.17) is 0 Å². The first-order chi connectivity index (χ1) is 4.63. The Morgan fingerprint density at radius 1 is 1.33 bits per heavy atom. The number of carbonyl (C=O) groups is 1. The van der Waals surface area contributed by atoms with E-state index in [9.17, 15) is 26.4 Å². The van der Waals surface area contributed by atoms with Crippen LogP contribution in [0.25, 0.3) is 0 Å². The maximum atomic E-state index is 11.2. The van der Waals surface area contributed by atoms with Gasteiger partial charge in [0.15, 0.2) is 0 Å². The van der Waals surface area contributed by atoms with Crippen LogP contribution in [0.15, 0.2) is 0 Å². The molecule has 0 aromatic rings. The van der Waals surface area contributed by atoms with Gasteiger partial charge >= 0.3 is 51.8 Å². The molecule has 0 rings (SSSR count). The van der Waals surface area contributed by atoms with Crippen molar-refractivity contribution in [3.8, 4) is 0 Å². The maximum absolute atomic E-state index is 11.2. The van der Waals surface area contributed by atoms with E-state index in [2.05, 4.69) is 4.18 Å². The van der Waals surface area contributed by atoms with Crippen molar-refractivity contribution < 1.29 is 30.6 Å². The summed E-state index contributed by atoms with van der Waals surface area (Å²) in [6.07, 6.45) is -4.93. The molecule has 0 aromatic carbocycles. The zero-order chi connectivity index (χ0) is 9.28. The monoisotopic (exact) mass is 216 g/mol. The minimum atomic E-state index is -5.27. The zero-order valence-electron chi connectivity index (χ0n) is 5.18. The van der Waals surface area contributed by atoms with Crippen molar-refractivity contribution in [1.29, 1.82) is 0 Å². The Morgan fingerprint density at radius 2 is 1.67 bits per heavy atom. The minimum absolute atomic E-state index is 0. The molecule has 0 aliphatic carbocycles. The summed E-state index contributed by atoms with van der Waals surface area (Å²) in [5.74, 6) is -2.74. The summed E-state index contributed by atoms with van der Waals surface area (Å²) in [5, 5.41) is 0. The number of hydrogen-bond donors (Lipinski definition) is 0. The van der Waals surface area contributed by atoms with Crippen molar-refractivity contribution in [2.75, 3.05) is 6.26 Å². The molecule has 4 nitrogen and oxygen atoms in total. The van der Waals surface area contributed by atoms with Crippen molar-refractivity contribution in [2.45, 2.75) is 6.18 Å². The Labute approximate surface area is 88.5 Å². The topological polar surface area (TPSA) is 60.4 Å². The van der Waals surface area contributed by atoms with Crippen LogP contribution in [0.5, 0.6) is 0 Å². The standard InChI is InChI=1S/C3H3F3O4S.Na.H/c1-11(8,9)10-2(7)3(4,5)6;;/h1H3;;. The number of alkyl halides is 3. The van der Waals surface area contributed by atoms with Gasteiger partial charge in [0.05, 0.1) is 6.26 Å². The van der Waals surface area contributed by atoms with Gasteiger partial charge in [0.25, 0.3) is 0 Å². The van der Waals surface area contributed by atoms with Crippen LogP contribution in [0.4, 0.5) is 13.2 Å². The number of rotatable bonds is 1. The third kappa shape index (κ3) is 6.89. The van der Waals surface area contributed by atoms with Crippen LogP contribution < -0.4 is 0 Å². The van der Waals surface area contributed by atoms with Gasteiger partial charge in [-0.25, -0.2) is 4.79 Å². The Hall–Kier alpha value is 0.210. The van der Waals surface area contributed by atoms with E-state index in [-0.39, 0.29) is 29.6 Å². The molecule has 0 saturated heterocycles. The van der Waals surface area contributed by atoms with Crippen molar-refractivity contribution >= 4 is 45.6 Å². The molecule has 0 aliphatic rings. The molecule has 0 N–H and O–H groups in total. The first kappa shape index (κ1) is 14.7. The normalized spacial score (nSPS) is 11.7. The number of carbonyl (C=O) groups excluding carboxylic acids is 1. The van der Waals surface area contributed by atoms with E-state index in [1.54, 1.807) is 0 Å². The average Bonchev–Trinajstić information content (AvgIpc) is 1.56. The quantitative estimate of drug-likeness (QED) is 0.434. The van der Waals surface area contributed by atoms with Crippen LogP contribution >= 0.6 is 0 Å². The summed E-state index contributed by atoms with van der Waals surface area (Å²) < 4.78 is 56.6. The molecule has 0 spiro atoms. The Bertz CT molecular complexity index is 255. The molecule has 0 bridgehead atoms. The molecule has 0 heterocycles. The molecule has 68 valence electrons. The van der Waals surface area contributed by atoms with E-state index < -0.39 is 22.3 Å². The van der Waals surface area contributed by atoms with Gasteiger partial charge < -0.3 is 4.18 Å². The summed E-state index contributed by atoms with van der Waals surface area (Å²) in [6.45, 7) is 0. The van der Waals surface area contributed by atoms with Crippen molar-refractivity contribution in [3.05, 3.63) is 0 Å². The molecular formula is C3H4F3NaO4S. The van der Waals surface area contributed by atoms with E-state index >= 15 is 0 Å². The second-order valence-electron chi connectivity index (χ2n) is 1.57. The van der Waals surface area contributed by atoms with Crippen LogP contribution in [0.2, 0.25) is 0 Å². The molecule has 0 fully saturated rings. The average molecular weight is 216 g/mol. The third-order valence-electron chi connectivity index (χ3n) is 0.459. The SMILES string of the molecule is CS(=O)(=O)OC(=O)C(F)(F)F.[NaH]. The van der Waals surface area contributed by atoms with E-state index in [0.29, 0.717) is 6.26 Å². The van der Waals surface area contributed by atoms with Gasteiger partial charge in [0.2, 0.25) is 0 Å². The van der Waals surface area contributed by atoms with E-state index in [1.165, 1.54) is 0 Å². The molecule has 0 aromatic heterocycles. The van der Waals surface area contributed by atoms with Crippen LogP contribution in [-0.2, 0) is 19.1 Å². The molecule has 0 atom stereocenters. The Morgan fingerprint density at radius 3 is 1.75 bits per heavy atom. The fourth-order valence-corrected chi connectivity index (χ4v) is 0.554. The molecule has 9 heteroatoms. The predicted octanol–water partition coefficient (Wildman–Crippen LogP) is -0.597. The number of hydrogen-bond acceptors (Lipinski definition) is 4. The second kappa shape index (κ2) is 4.45. The van der Waals surface area contributed by atoms with Gasteiger partial charge in [-0.1, -0.05) is 0 Å². The van der Waals surface area contributed by atoms with Gasteiger partial charge in [-0.3, -0.25) is 0 Å². The fraction of sp³-hybridized carbons (Fsp3) is 0.667.